The first-order valence-corrected chi connectivity index (χ1v) is 13.0. The number of hydrogen-bond donors (Lipinski definition) is 3. The SMILES string of the molecule is O=C1C[C@@H](c2ccccc2)NCCCNCCCCCN(C(=O)/C=C\c2ccccc2)CCCN1. The van der Waals surface area contributed by atoms with Gasteiger partial charge in [0.25, 0.3) is 0 Å². The van der Waals surface area contributed by atoms with Gasteiger partial charge in [0.1, 0.15) is 0 Å². The Morgan fingerprint density at radius 1 is 0.800 bits per heavy atom. The molecule has 2 aromatic carbocycles. The van der Waals surface area contributed by atoms with Gasteiger partial charge in [-0.1, -0.05) is 67.1 Å². The van der Waals surface area contributed by atoms with E-state index in [1.54, 1.807) is 6.08 Å². The van der Waals surface area contributed by atoms with Crippen molar-refractivity contribution in [2.24, 2.45) is 0 Å². The third kappa shape index (κ3) is 10.5. The summed E-state index contributed by atoms with van der Waals surface area (Å²) < 4.78 is 0. The zero-order chi connectivity index (χ0) is 24.6. The Morgan fingerprint density at radius 3 is 2.31 bits per heavy atom. The lowest BCUT2D eigenvalue weighted by Gasteiger charge is -2.22. The molecule has 3 rings (SSSR count). The van der Waals surface area contributed by atoms with Gasteiger partial charge in [-0.2, -0.15) is 0 Å². The second kappa shape index (κ2) is 15.8. The van der Waals surface area contributed by atoms with E-state index in [-0.39, 0.29) is 17.9 Å². The van der Waals surface area contributed by atoms with E-state index in [0.29, 0.717) is 19.5 Å². The molecule has 1 fully saturated rings. The monoisotopic (exact) mass is 476 g/mol. The van der Waals surface area contributed by atoms with E-state index < -0.39 is 0 Å². The fraction of sp³-hybridized carbons (Fsp3) is 0.448. The molecule has 2 amide bonds. The van der Waals surface area contributed by atoms with Gasteiger partial charge in [0.2, 0.25) is 11.8 Å². The molecule has 2 aromatic rings. The minimum absolute atomic E-state index is 0.00344. The number of carbonyl (C=O) groups is 2. The predicted molar refractivity (Wildman–Crippen MR) is 143 cm³/mol. The van der Waals surface area contributed by atoms with Crippen LogP contribution in [0, 0.1) is 0 Å². The van der Waals surface area contributed by atoms with Crippen LogP contribution >= 0.6 is 0 Å². The zero-order valence-corrected chi connectivity index (χ0v) is 20.8. The summed E-state index contributed by atoms with van der Waals surface area (Å²) in [6.45, 7) is 4.76. The van der Waals surface area contributed by atoms with Crippen LogP contribution < -0.4 is 16.0 Å². The molecule has 1 aliphatic heterocycles. The van der Waals surface area contributed by atoms with Crippen molar-refractivity contribution in [2.45, 2.75) is 44.6 Å². The van der Waals surface area contributed by atoms with Crippen molar-refractivity contribution >= 4 is 17.9 Å². The average Bonchev–Trinajstić information content (AvgIpc) is 2.89. The second-order valence-electron chi connectivity index (χ2n) is 9.06. The lowest BCUT2D eigenvalue weighted by atomic mass is 10.0. The third-order valence-corrected chi connectivity index (χ3v) is 6.25. The smallest absolute Gasteiger partial charge is 0.246 e. The van der Waals surface area contributed by atoms with Crippen LogP contribution in [-0.4, -0.2) is 56.0 Å². The number of amides is 2. The fourth-order valence-corrected chi connectivity index (χ4v) is 4.26. The lowest BCUT2D eigenvalue weighted by Crippen LogP contribution is -2.35. The molecule has 0 unspecified atom stereocenters. The van der Waals surface area contributed by atoms with Crippen molar-refractivity contribution in [3.63, 3.8) is 0 Å². The molecule has 188 valence electrons. The lowest BCUT2D eigenvalue weighted by molar-refractivity contribution is -0.126. The van der Waals surface area contributed by atoms with E-state index in [4.69, 9.17) is 0 Å². The summed E-state index contributed by atoms with van der Waals surface area (Å²) in [5.74, 6) is 0.0634. The Morgan fingerprint density at radius 2 is 1.51 bits per heavy atom. The molecule has 1 heterocycles. The number of rotatable bonds is 3. The molecular formula is C29H40N4O2. The molecule has 1 aliphatic rings. The molecule has 3 N–H and O–H groups in total. The molecule has 6 nitrogen and oxygen atoms in total. The van der Waals surface area contributed by atoms with E-state index >= 15 is 0 Å². The number of nitrogens with one attached hydrogen (secondary N) is 3. The second-order valence-corrected chi connectivity index (χ2v) is 9.06. The van der Waals surface area contributed by atoms with Crippen molar-refractivity contribution in [1.29, 1.82) is 0 Å². The first kappa shape index (κ1) is 26.6. The van der Waals surface area contributed by atoms with Crippen LogP contribution in [0.3, 0.4) is 0 Å². The highest BCUT2D eigenvalue weighted by molar-refractivity contribution is 5.91. The van der Waals surface area contributed by atoms with Crippen LogP contribution in [0.15, 0.2) is 66.7 Å². The van der Waals surface area contributed by atoms with Gasteiger partial charge < -0.3 is 20.9 Å². The molecule has 35 heavy (non-hydrogen) atoms. The predicted octanol–water partition coefficient (Wildman–Crippen LogP) is 3.92. The Balaban J connectivity index is 1.57. The van der Waals surface area contributed by atoms with E-state index in [1.807, 2.05) is 59.5 Å². The Labute approximate surface area is 210 Å². The summed E-state index contributed by atoms with van der Waals surface area (Å²) in [5, 5.41) is 10.1. The normalized spacial score (nSPS) is 20.1. The molecule has 6 heteroatoms. The van der Waals surface area contributed by atoms with Gasteiger partial charge in [0.15, 0.2) is 0 Å². The van der Waals surface area contributed by atoms with Crippen molar-refractivity contribution in [1.82, 2.24) is 20.9 Å². The van der Waals surface area contributed by atoms with Gasteiger partial charge in [-0.25, -0.2) is 0 Å². The number of nitrogens with zero attached hydrogens (tertiary/aromatic N) is 1. The van der Waals surface area contributed by atoms with Crippen LogP contribution in [-0.2, 0) is 9.59 Å². The van der Waals surface area contributed by atoms with Crippen molar-refractivity contribution in [3.05, 3.63) is 77.9 Å². The number of hydrogen-bond acceptors (Lipinski definition) is 4. The standard InChI is InChI=1S/C29H40N4O2/c34-28-24-27(26-14-6-2-7-15-26)31-20-10-19-30-18-8-3-9-22-33(23-11-21-32-28)29(35)17-16-25-12-4-1-5-13-25/h1-2,4-7,12-17,27,30-31H,3,8-11,18-24H2,(H,32,34)/b17-16-/t27-/m0/s1. The quantitative estimate of drug-likeness (QED) is 0.587. The maximum Gasteiger partial charge on any atom is 0.246 e. The van der Waals surface area contributed by atoms with E-state index in [1.165, 1.54) is 0 Å². The Bertz CT molecular complexity index is 901. The van der Waals surface area contributed by atoms with Gasteiger partial charge in [0.05, 0.1) is 0 Å². The van der Waals surface area contributed by atoms with Crippen LogP contribution in [0.4, 0.5) is 0 Å². The maximum atomic E-state index is 12.9. The van der Waals surface area contributed by atoms with Crippen LogP contribution in [0.25, 0.3) is 6.08 Å². The first-order chi connectivity index (χ1) is 17.2. The molecule has 0 aromatic heterocycles. The average molecular weight is 477 g/mol. The summed E-state index contributed by atoms with van der Waals surface area (Å²) >= 11 is 0. The van der Waals surface area contributed by atoms with Gasteiger partial charge in [-0.15, -0.1) is 0 Å². The van der Waals surface area contributed by atoms with Gasteiger partial charge in [-0.3, -0.25) is 9.59 Å². The minimum Gasteiger partial charge on any atom is -0.356 e. The van der Waals surface area contributed by atoms with E-state index in [9.17, 15) is 9.59 Å². The van der Waals surface area contributed by atoms with Crippen LogP contribution in [0.2, 0.25) is 0 Å². The molecule has 0 bridgehead atoms. The first-order valence-electron chi connectivity index (χ1n) is 13.0. The highest BCUT2D eigenvalue weighted by Gasteiger charge is 2.16. The van der Waals surface area contributed by atoms with Gasteiger partial charge >= 0.3 is 0 Å². The van der Waals surface area contributed by atoms with E-state index in [0.717, 1.165) is 69.4 Å². The maximum absolute atomic E-state index is 12.9. The molecular weight excluding hydrogens is 436 g/mol. The zero-order valence-electron chi connectivity index (χ0n) is 20.8. The summed E-state index contributed by atoms with van der Waals surface area (Å²) in [6, 6.07) is 20.0. The Hall–Kier alpha value is -2.96. The summed E-state index contributed by atoms with van der Waals surface area (Å²) in [7, 11) is 0. The van der Waals surface area contributed by atoms with Gasteiger partial charge in [0, 0.05) is 38.2 Å². The highest BCUT2D eigenvalue weighted by Crippen LogP contribution is 2.16. The Kier molecular flexibility index (Phi) is 12.1. The van der Waals surface area contributed by atoms with E-state index in [2.05, 4.69) is 28.1 Å². The third-order valence-electron chi connectivity index (χ3n) is 6.25. The minimum atomic E-state index is -0.00344. The molecule has 0 saturated carbocycles. The van der Waals surface area contributed by atoms with Gasteiger partial charge in [-0.05, 0) is 62.5 Å². The molecule has 0 spiro atoms. The summed E-state index contributed by atoms with van der Waals surface area (Å²) in [5.41, 5.74) is 2.15. The fourth-order valence-electron chi connectivity index (χ4n) is 4.26. The van der Waals surface area contributed by atoms with Crippen LogP contribution in [0.1, 0.15) is 55.7 Å². The van der Waals surface area contributed by atoms with Crippen LogP contribution in [0.5, 0.6) is 0 Å². The number of carbonyl (C=O) groups excluding carboxylic acids is 2. The largest absolute Gasteiger partial charge is 0.356 e. The van der Waals surface area contributed by atoms with Crippen molar-refractivity contribution in [3.8, 4) is 0 Å². The highest BCUT2D eigenvalue weighted by atomic mass is 16.2. The summed E-state index contributed by atoms with van der Waals surface area (Å²) in [4.78, 5) is 27.5. The molecule has 1 atom stereocenters. The van der Waals surface area contributed by atoms with Crippen molar-refractivity contribution < 1.29 is 9.59 Å². The molecule has 0 aliphatic carbocycles. The van der Waals surface area contributed by atoms with Crippen molar-refractivity contribution in [2.75, 3.05) is 39.3 Å². The molecule has 0 radical (unpaired) electrons. The topological polar surface area (TPSA) is 73.5 Å². The molecule has 1 saturated heterocycles. The summed E-state index contributed by atoms with van der Waals surface area (Å²) in [6.07, 6.45) is 8.87. The number of benzene rings is 2.